The molecule has 1 aliphatic heterocycles. The average molecular weight is 365 g/mol. The molecule has 0 bridgehead atoms. The van der Waals surface area contributed by atoms with Gasteiger partial charge in [0.1, 0.15) is 5.75 Å². The molecule has 1 aliphatic rings. The van der Waals surface area contributed by atoms with E-state index in [2.05, 4.69) is 5.10 Å². The molecule has 0 fully saturated rings. The smallest absolute Gasteiger partial charge is 0.247 e. The van der Waals surface area contributed by atoms with E-state index < -0.39 is 16.1 Å². The summed E-state index contributed by atoms with van der Waals surface area (Å²) in [7, 11) is -1.91. The van der Waals surface area contributed by atoms with E-state index in [0.29, 0.717) is 17.2 Å². The molecular weight excluding hydrogens is 348 g/mol. The highest BCUT2D eigenvalue weighted by atomic mass is 35.5. The number of rotatable bonds is 4. The van der Waals surface area contributed by atoms with Crippen LogP contribution in [0.3, 0.4) is 0 Å². The predicted octanol–water partition coefficient (Wildman–Crippen LogP) is 3.46. The first-order chi connectivity index (χ1) is 11.4. The van der Waals surface area contributed by atoms with Crippen LogP contribution < -0.4 is 4.74 Å². The molecule has 0 saturated carbocycles. The lowest BCUT2D eigenvalue weighted by Crippen LogP contribution is -2.26. The van der Waals surface area contributed by atoms with Crippen LogP contribution in [0.25, 0.3) is 0 Å². The van der Waals surface area contributed by atoms with Gasteiger partial charge in [-0.25, -0.2) is 8.42 Å². The second-order valence-corrected chi connectivity index (χ2v) is 7.80. The summed E-state index contributed by atoms with van der Waals surface area (Å²) in [4.78, 5) is 0. The molecule has 0 N–H and O–H groups in total. The normalized spacial score (nSPS) is 17.7. The Labute approximate surface area is 146 Å². The summed E-state index contributed by atoms with van der Waals surface area (Å²) in [5, 5.41) is 4.88. The van der Waals surface area contributed by atoms with Crippen LogP contribution in [0.4, 0.5) is 0 Å². The van der Waals surface area contributed by atoms with Crippen LogP contribution in [-0.2, 0) is 10.0 Å². The van der Waals surface area contributed by atoms with Gasteiger partial charge in [0, 0.05) is 11.4 Å². The number of ether oxygens (including phenoxy) is 1. The maximum Gasteiger partial charge on any atom is 0.247 e. The first kappa shape index (κ1) is 16.8. The molecule has 1 heterocycles. The van der Waals surface area contributed by atoms with Gasteiger partial charge < -0.3 is 4.74 Å². The minimum absolute atomic E-state index is 0.439. The van der Waals surface area contributed by atoms with E-state index in [0.717, 1.165) is 27.5 Å². The summed E-state index contributed by atoms with van der Waals surface area (Å²) in [5.74, 6) is 0.736. The summed E-state index contributed by atoms with van der Waals surface area (Å²) in [6.07, 6.45) is 1.61. The van der Waals surface area contributed by atoms with Crippen LogP contribution in [-0.4, -0.2) is 31.9 Å². The highest BCUT2D eigenvalue weighted by Gasteiger charge is 2.35. The first-order valence-corrected chi connectivity index (χ1v) is 9.58. The van der Waals surface area contributed by atoms with Crippen LogP contribution in [0.5, 0.6) is 5.75 Å². The van der Waals surface area contributed by atoms with Crippen molar-refractivity contribution in [1.29, 1.82) is 0 Å². The molecule has 0 unspecified atom stereocenters. The summed E-state index contributed by atoms with van der Waals surface area (Å²) in [6, 6.07) is 14.2. The number of nitrogens with zero attached hydrogens (tertiary/aromatic N) is 2. The predicted molar refractivity (Wildman–Crippen MR) is 95.0 cm³/mol. The van der Waals surface area contributed by atoms with Crippen molar-refractivity contribution in [3.05, 3.63) is 64.7 Å². The Balaban J connectivity index is 2.00. The van der Waals surface area contributed by atoms with Gasteiger partial charge in [0.25, 0.3) is 0 Å². The zero-order valence-corrected chi connectivity index (χ0v) is 14.9. The van der Waals surface area contributed by atoms with Gasteiger partial charge in [0.2, 0.25) is 10.0 Å². The van der Waals surface area contributed by atoms with Gasteiger partial charge in [-0.15, -0.1) is 0 Å². The maximum atomic E-state index is 12.2. The molecule has 0 aromatic heterocycles. The quantitative estimate of drug-likeness (QED) is 0.834. The minimum Gasteiger partial charge on any atom is -0.497 e. The number of halogens is 1. The van der Waals surface area contributed by atoms with Gasteiger partial charge in [0.05, 0.1) is 25.1 Å². The van der Waals surface area contributed by atoms with Gasteiger partial charge in [-0.1, -0.05) is 29.8 Å². The van der Waals surface area contributed by atoms with Crippen LogP contribution >= 0.6 is 11.6 Å². The molecule has 0 saturated heterocycles. The van der Waals surface area contributed by atoms with E-state index in [-0.39, 0.29) is 0 Å². The van der Waals surface area contributed by atoms with Crippen molar-refractivity contribution in [3.63, 3.8) is 0 Å². The van der Waals surface area contributed by atoms with Gasteiger partial charge >= 0.3 is 0 Å². The molecule has 0 radical (unpaired) electrons. The standard InChI is InChI=1S/C17H17ClN2O3S/c1-23-13-9-7-12(8-10-13)16-11-17(20(19-16)24(2,21)22)14-5-3-4-6-15(14)18/h3-10,17H,11H2,1-2H3/t17-/m1/s1. The lowest BCUT2D eigenvalue weighted by molar-refractivity contribution is 0.375. The van der Waals surface area contributed by atoms with Crippen molar-refractivity contribution in [2.24, 2.45) is 5.10 Å². The lowest BCUT2D eigenvalue weighted by atomic mass is 9.99. The maximum absolute atomic E-state index is 12.2. The van der Waals surface area contributed by atoms with Crippen LogP contribution in [0.1, 0.15) is 23.6 Å². The molecule has 0 amide bonds. The number of benzene rings is 2. The second kappa shape index (κ2) is 6.45. The first-order valence-electron chi connectivity index (χ1n) is 7.36. The van der Waals surface area contributed by atoms with Crippen molar-refractivity contribution >= 4 is 27.3 Å². The molecule has 0 aliphatic carbocycles. The number of methoxy groups -OCH3 is 1. The molecule has 0 spiro atoms. The Kier molecular flexibility index (Phi) is 4.51. The number of sulfonamides is 1. The van der Waals surface area contributed by atoms with Crippen LogP contribution in [0.2, 0.25) is 5.02 Å². The van der Waals surface area contributed by atoms with E-state index >= 15 is 0 Å². The third kappa shape index (κ3) is 3.25. The number of hydrogen-bond donors (Lipinski definition) is 0. The molecule has 126 valence electrons. The van der Waals surface area contributed by atoms with Crippen molar-refractivity contribution in [1.82, 2.24) is 4.41 Å². The van der Waals surface area contributed by atoms with Crippen molar-refractivity contribution in [2.45, 2.75) is 12.5 Å². The zero-order chi connectivity index (χ0) is 17.3. The fourth-order valence-corrected chi connectivity index (χ4v) is 3.89. The second-order valence-electron chi connectivity index (χ2n) is 5.55. The molecule has 3 rings (SSSR count). The fraction of sp³-hybridized carbons (Fsp3) is 0.235. The zero-order valence-electron chi connectivity index (χ0n) is 13.3. The molecule has 7 heteroatoms. The van der Waals surface area contributed by atoms with Crippen molar-refractivity contribution < 1.29 is 13.2 Å². The molecule has 1 atom stereocenters. The monoisotopic (exact) mass is 364 g/mol. The van der Waals surface area contributed by atoms with E-state index in [4.69, 9.17) is 16.3 Å². The largest absolute Gasteiger partial charge is 0.497 e. The summed E-state index contributed by atoms with van der Waals surface area (Å²) in [5.41, 5.74) is 2.31. The topological polar surface area (TPSA) is 59.0 Å². The van der Waals surface area contributed by atoms with Crippen LogP contribution in [0.15, 0.2) is 53.6 Å². The summed E-state index contributed by atoms with van der Waals surface area (Å²) < 4.78 is 30.6. The summed E-state index contributed by atoms with van der Waals surface area (Å²) in [6.45, 7) is 0. The van der Waals surface area contributed by atoms with Gasteiger partial charge in [-0.2, -0.15) is 9.52 Å². The van der Waals surface area contributed by atoms with Crippen molar-refractivity contribution in [2.75, 3.05) is 13.4 Å². The van der Waals surface area contributed by atoms with E-state index in [9.17, 15) is 8.42 Å². The fourth-order valence-electron chi connectivity index (χ4n) is 2.73. The lowest BCUT2D eigenvalue weighted by Gasteiger charge is -2.22. The molecule has 24 heavy (non-hydrogen) atoms. The Morgan fingerprint density at radius 3 is 2.42 bits per heavy atom. The van der Waals surface area contributed by atoms with E-state index in [1.807, 2.05) is 42.5 Å². The summed E-state index contributed by atoms with van der Waals surface area (Å²) >= 11 is 6.26. The third-order valence-corrected chi connectivity index (χ3v) is 5.26. The third-order valence-electron chi connectivity index (χ3n) is 3.90. The molecule has 5 nitrogen and oxygen atoms in total. The number of hydrazone groups is 1. The Bertz CT molecular complexity index is 879. The Morgan fingerprint density at radius 1 is 1.17 bits per heavy atom. The molecule has 2 aromatic rings. The van der Waals surface area contributed by atoms with E-state index in [1.165, 1.54) is 0 Å². The van der Waals surface area contributed by atoms with E-state index in [1.54, 1.807) is 13.2 Å². The van der Waals surface area contributed by atoms with Crippen molar-refractivity contribution in [3.8, 4) is 5.75 Å². The highest BCUT2D eigenvalue weighted by Crippen LogP contribution is 2.37. The Hall–Kier alpha value is -2.05. The minimum atomic E-state index is -3.51. The number of hydrogen-bond acceptors (Lipinski definition) is 4. The average Bonchev–Trinajstić information content (AvgIpc) is 3.01. The van der Waals surface area contributed by atoms with Gasteiger partial charge in [-0.05, 0) is 41.5 Å². The van der Waals surface area contributed by atoms with Gasteiger partial charge in [-0.3, -0.25) is 0 Å². The molecule has 2 aromatic carbocycles. The van der Waals surface area contributed by atoms with Gasteiger partial charge in [0.15, 0.2) is 0 Å². The highest BCUT2D eigenvalue weighted by molar-refractivity contribution is 7.88. The molecular formula is C17H17ClN2O3S. The SMILES string of the molecule is COc1ccc(C2=NN(S(C)(=O)=O)[C@@H](c3ccccc3Cl)C2)cc1. The Morgan fingerprint density at radius 2 is 1.83 bits per heavy atom. The van der Waals surface area contributed by atoms with Crippen LogP contribution in [0, 0.1) is 0 Å².